The third-order valence-electron chi connectivity index (χ3n) is 4.99. The lowest BCUT2D eigenvalue weighted by Gasteiger charge is -2.49. The summed E-state index contributed by atoms with van der Waals surface area (Å²) in [4.78, 5) is 26.4. The molecule has 5 nitrogen and oxygen atoms in total. The van der Waals surface area contributed by atoms with Crippen molar-refractivity contribution >= 4 is 11.8 Å². The Hall–Kier alpha value is -1.88. The molecular formula is C20H30N2O3. The Kier molecular flexibility index (Phi) is 6.59. The fraction of sp³-hybridized carbons (Fsp3) is 0.600. The zero-order valence-corrected chi connectivity index (χ0v) is 15.5. The van der Waals surface area contributed by atoms with Crippen LogP contribution in [0.1, 0.15) is 64.5 Å². The molecule has 2 rings (SSSR count). The summed E-state index contributed by atoms with van der Waals surface area (Å²) in [6, 6.07) is 8.78. The van der Waals surface area contributed by atoms with Crippen LogP contribution in [0, 0.1) is 0 Å². The third-order valence-corrected chi connectivity index (χ3v) is 4.99. The van der Waals surface area contributed by atoms with Crippen molar-refractivity contribution in [3.8, 4) is 0 Å². The van der Waals surface area contributed by atoms with Crippen molar-refractivity contribution in [3.05, 3.63) is 35.9 Å². The van der Waals surface area contributed by atoms with Gasteiger partial charge in [-0.15, -0.1) is 0 Å². The van der Waals surface area contributed by atoms with Gasteiger partial charge < -0.3 is 15.3 Å². The minimum atomic E-state index is -1.06. The normalized spacial score (nSPS) is 26.3. The van der Waals surface area contributed by atoms with Gasteiger partial charge in [0.1, 0.15) is 0 Å². The maximum absolute atomic E-state index is 12.8. The molecule has 0 aromatic heterocycles. The molecule has 1 saturated heterocycles. The average Bonchev–Trinajstić information content (AvgIpc) is 2.57. The molecule has 0 radical (unpaired) electrons. The van der Waals surface area contributed by atoms with Gasteiger partial charge >= 0.3 is 0 Å². The molecule has 1 aliphatic rings. The molecule has 0 unspecified atom stereocenters. The third kappa shape index (κ3) is 4.82. The van der Waals surface area contributed by atoms with E-state index in [-0.39, 0.29) is 17.9 Å². The maximum atomic E-state index is 12.8. The lowest BCUT2D eigenvalue weighted by molar-refractivity contribution is -0.145. The Balaban J connectivity index is 2.34. The minimum absolute atomic E-state index is 0.0909. The van der Waals surface area contributed by atoms with Crippen LogP contribution in [0.2, 0.25) is 0 Å². The standard InChI is InChI=1S/C20H30N2O3/c1-4-5-7-12-17(24)22-14-13-20(3,25)19(21-15(2)23)18(22)16-10-8-6-9-11-16/h6,8-11,18-19,25H,4-5,7,12-14H2,1-3H3,(H,21,23)/t18-,19-,20+/m0/s1. The van der Waals surface area contributed by atoms with Gasteiger partial charge in [0.15, 0.2) is 0 Å². The van der Waals surface area contributed by atoms with Gasteiger partial charge in [0.25, 0.3) is 0 Å². The second kappa shape index (κ2) is 8.48. The average molecular weight is 346 g/mol. The number of piperidine rings is 1. The van der Waals surface area contributed by atoms with E-state index in [0.717, 1.165) is 24.8 Å². The zero-order valence-electron chi connectivity index (χ0n) is 15.5. The van der Waals surface area contributed by atoms with E-state index in [1.807, 2.05) is 35.2 Å². The summed E-state index contributed by atoms with van der Waals surface area (Å²) in [5, 5.41) is 13.8. The molecule has 1 aromatic carbocycles. The van der Waals surface area contributed by atoms with Crippen molar-refractivity contribution in [1.82, 2.24) is 10.2 Å². The molecule has 138 valence electrons. The quantitative estimate of drug-likeness (QED) is 0.778. The van der Waals surface area contributed by atoms with E-state index in [4.69, 9.17) is 0 Å². The lowest BCUT2D eigenvalue weighted by Crippen LogP contribution is -2.63. The summed E-state index contributed by atoms with van der Waals surface area (Å²) in [6.07, 6.45) is 3.92. The highest BCUT2D eigenvalue weighted by Gasteiger charge is 2.47. The predicted octanol–water partition coefficient (Wildman–Crippen LogP) is 2.80. The van der Waals surface area contributed by atoms with Crippen LogP contribution in [-0.2, 0) is 9.59 Å². The van der Waals surface area contributed by atoms with Crippen LogP contribution < -0.4 is 5.32 Å². The molecular weight excluding hydrogens is 316 g/mol. The van der Waals surface area contributed by atoms with Gasteiger partial charge in [-0.05, 0) is 25.3 Å². The summed E-state index contributed by atoms with van der Waals surface area (Å²) in [5.74, 6) is -0.111. The largest absolute Gasteiger partial charge is 0.388 e. The molecule has 0 spiro atoms. The molecule has 25 heavy (non-hydrogen) atoms. The molecule has 5 heteroatoms. The number of nitrogens with one attached hydrogen (secondary N) is 1. The van der Waals surface area contributed by atoms with Gasteiger partial charge in [0, 0.05) is 19.9 Å². The van der Waals surface area contributed by atoms with Crippen LogP contribution in [0.15, 0.2) is 30.3 Å². The first kappa shape index (κ1) is 19.4. The summed E-state index contributed by atoms with van der Waals surface area (Å²) in [6.45, 7) is 5.79. The number of rotatable bonds is 6. The van der Waals surface area contributed by atoms with Crippen molar-refractivity contribution in [2.75, 3.05) is 6.54 Å². The molecule has 1 aliphatic heterocycles. The first-order valence-corrected chi connectivity index (χ1v) is 9.20. The highest BCUT2D eigenvalue weighted by Crippen LogP contribution is 2.37. The fourth-order valence-corrected chi connectivity index (χ4v) is 3.59. The fourth-order valence-electron chi connectivity index (χ4n) is 3.59. The van der Waals surface area contributed by atoms with E-state index in [2.05, 4.69) is 12.2 Å². The molecule has 2 N–H and O–H groups in total. The molecule has 1 aromatic rings. The maximum Gasteiger partial charge on any atom is 0.223 e. The summed E-state index contributed by atoms with van der Waals surface area (Å²) < 4.78 is 0. The van der Waals surface area contributed by atoms with E-state index in [9.17, 15) is 14.7 Å². The van der Waals surface area contributed by atoms with Gasteiger partial charge in [-0.25, -0.2) is 0 Å². The van der Waals surface area contributed by atoms with E-state index in [1.165, 1.54) is 6.92 Å². The second-order valence-electron chi connectivity index (χ2n) is 7.19. The Morgan fingerprint density at radius 2 is 1.96 bits per heavy atom. The number of nitrogens with zero attached hydrogens (tertiary/aromatic N) is 1. The first-order chi connectivity index (χ1) is 11.9. The van der Waals surface area contributed by atoms with Crippen LogP contribution in [0.3, 0.4) is 0 Å². The zero-order chi connectivity index (χ0) is 18.4. The first-order valence-electron chi connectivity index (χ1n) is 9.20. The van der Waals surface area contributed by atoms with Crippen LogP contribution in [-0.4, -0.2) is 40.0 Å². The van der Waals surface area contributed by atoms with E-state index in [0.29, 0.717) is 19.4 Å². The molecule has 0 aliphatic carbocycles. The lowest BCUT2D eigenvalue weighted by atomic mass is 9.79. The number of hydrogen-bond acceptors (Lipinski definition) is 3. The minimum Gasteiger partial charge on any atom is -0.388 e. The number of hydrogen-bond donors (Lipinski definition) is 2. The van der Waals surface area contributed by atoms with Gasteiger partial charge in [0.2, 0.25) is 11.8 Å². The Labute approximate surface area is 150 Å². The van der Waals surface area contributed by atoms with Crippen molar-refractivity contribution < 1.29 is 14.7 Å². The van der Waals surface area contributed by atoms with E-state index >= 15 is 0 Å². The number of likely N-dealkylation sites (tertiary alicyclic amines) is 1. The van der Waals surface area contributed by atoms with Crippen molar-refractivity contribution in [1.29, 1.82) is 0 Å². The molecule has 3 atom stereocenters. The second-order valence-corrected chi connectivity index (χ2v) is 7.19. The molecule has 0 bridgehead atoms. The monoisotopic (exact) mass is 346 g/mol. The number of carbonyl (C=O) groups excluding carboxylic acids is 2. The Bertz CT molecular complexity index is 586. The number of unbranched alkanes of at least 4 members (excludes halogenated alkanes) is 2. The van der Waals surface area contributed by atoms with Gasteiger partial charge in [-0.2, -0.15) is 0 Å². The highest BCUT2D eigenvalue weighted by atomic mass is 16.3. The Morgan fingerprint density at radius 1 is 1.28 bits per heavy atom. The molecule has 1 fully saturated rings. The number of amides is 2. The number of carbonyl (C=O) groups is 2. The number of aliphatic hydroxyl groups is 1. The van der Waals surface area contributed by atoms with Crippen LogP contribution in [0.5, 0.6) is 0 Å². The SMILES string of the molecule is CCCCCC(=O)N1CC[C@@](C)(O)[C@@H](NC(C)=O)[C@@H]1c1ccccc1. The summed E-state index contributed by atoms with van der Waals surface area (Å²) in [5.41, 5.74) is -0.128. The van der Waals surface area contributed by atoms with Crippen LogP contribution >= 0.6 is 0 Å². The van der Waals surface area contributed by atoms with Crippen molar-refractivity contribution in [3.63, 3.8) is 0 Å². The van der Waals surface area contributed by atoms with Crippen molar-refractivity contribution in [2.24, 2.45) is 0 Å². The van der Waals surface area contributed by atoms with Crippen molar-refractivity contribution in [2.45, 2.75) is 70.6 Å². The summed E-state index contributed by atoms with van der Waals surface area (Å²) >= 11 is 0. The van der Waals surface area contributed by atoms with Crippen LogP contribution in [0.25, 0.3) is 0 Å². The smallest absolute Gasteiger partial charge is 0.223 e. The van der Waals surface area contributed by atoms with Gasteiger partial charge in [0.05, 0.1) is 17.7 Å². The molecule has 1 heterocycles. The van der Waals surface area contributed by atoms with Crippen LogP contribution in [0.4, 0.5) is 0 Å². The topological polar surface area (TPSA) is 69.6 Å². The summed E-state index contributed by atoms with van der Waals surface area (Å²) in [7, 11) is 0. The van der Waals surface area contributed by atoms with Gasteiger partial charge in [-0.1, -0.05) is 50.1 Å². The van der Waals surface area contributed by atoms with Gasteiger partial charge in [-0.3, -0.25) is 9.59 Å². The highest BCUT2D eigenvalue weighted by molar-refractivity contribution is 5.78. The predicted molar refractivity (Wildman–Crippen MR) is 97.9 cm³/mol. The van der Waals surface area contributed by atoms with E-state index < -0.39 is 11.6 Å². The Morgan fingerprint density at radius 3 is 2.56 bits per heavy atom. The number of benzene rings is 1. The van der Waals surface area contributed by atoms with E-state index in [1.54, 1.807) is 6.92 Å². The molecule has 2 amide bonds. The molecule has 0 saturated carbocycles.